The lowest BCUT2D eigenvalue weighted by atomic mass is 10.1. The van der Waals surface area contributed by atoms with Crippen molar-refractivity contribution in [1.82, 2.24) is 20.4 Å². The number of aliphatic hydroxyl groups is 1. The summed E-state index contributed by atoms with van der Waals surface area (Å²) in [6.45, 7) is 1.14. The molecule has 6 heteroatoms. The average molecular weight is 222 g/mol. The maximum absolute atomic E-state index is 12.0. The maximum Gasteiger partial charge on any atom is 0.255 e. The third-order valence-corrected chi connectivity index (χ3v) is 2.80. The number of hydrogen-bond acceptors (Lipinski definition) is 5. The minimum atomic E-state index is -0.510. The van der Waals surface area contributed by atoms with Gasteiger partial charge in [0.15, 0.2) is 0 Å². The van der Waals surface area contributed by atoms with Crippen molar-refractivity contribution in [3.8, 4) is 0 Å². The molecule has 1 aliphatic heterocycles. The van der Waals surface area contributed by atoms with Crippen molar-refractivity contribution < 1.29 is 9.90 Å². The molecule has 1 fully saturated rings. The molecule has 0 unspecified atom stereocenters. The summed E-state index contributed by atoms with van der Waals surface area (Å²) in [5, 5.41) is 20.0. The molecule has 1 aliphatic rings. The molecule has 2 atom stereocenters. The fraction of sp³-hybridized carbons (Fsp3) is 0.500. The second-order valence-corrected chi connectivity index (χ2v) is 3.84. The van der Waals surface area contributed by atoms with Gasteiger partial charge in [-0.1, -0.05) is 0 Å². The Kier molecular flexibility index (Phi) is 3.12. The molecule has 6 nitrogen and oxygen atoms in total. The van der Waals surface area contributed by atoms with E-state index >= 15 is 0 Å². The zero-order valence-electron chi connectivity index (χ0n) is 9.00. The first-order chi connectivity index (χ1) is 7.70. The molecular formula is C10H14N4O2. The van der Waals surface area contributed by atoms with E-state index in [0.29, 0.717) is 18.7 Å². The van der Waals surface area contributed by atoms with Gasteiger partial charge in [-0.25, -0.2) is 0 Å². The molecule has 1 amide bonds. The normalized spacial score (nSPS) is 24.4. The van der Waals surface area contributed by atoms with E-state index in [0.717, 1.165) is 0 Å². The molecule has 0 spiro atoms. The van der Waals surface area contributed by atoms with Crippen molar-refractivity contribution in [2.24, 2.45) is 0 Å². The van der Waals surface area contributed by atoms with Crippen LogP contribution in [0.4, 0.5) is 0 Å². The molecule has 0 aliphatic carbocycles. The van der Waals surface area contributed by atoms with Gasteiger partial charge in [-0.3, -0.25) is 4.79 Å². The number of nitrogens with one attached hydrogen (secondary N) is 1. The molecule has 86 valence electrons. The Morgan fingerprint density at radius 3 is 2.94 bits per heavy atom. The molecule has 1 saturated heterocycles. The van der Waals surface area contributed by atoms with Crippen molar-refractivity contribution in [3.63, 3.8) is 0 Å². The number of hydrogen-bond donors (Lipinski definition) is 2. The summed E-state index contributed by atoms with van der Waals surface area (Å²) < 4.78 is 0. The first-order valence-electron chi connectivity index (χ1n) is 5.13. The Morgan fingerprint density at radius 1 is 1.56 bits per heavy atom. The molecule has 2 rings (SSSR count). The molecule has 1 aromatic heterocycles. The summed E-state index contributed by atoms with van der Waals surface area (Å²) in [4.78, 5) is 13.5. The largest absolute Gasteiger partial charge is 0.390 e. The van der Waals surface area contributed by atoms with Crippen LogP contribution in [0.1, 0.15) is 10.4 Å². The third-order valence-electron chi connectivity index (χ3n) is 2.80. The smallest absolute Gasteiger partial charge is 0.255 e. The van der Waals surface area contributed by atoms with Crippen LogP contribution in [0.25, 0.3) is 0 Å². The molecule has 2 N–H and O–H groups in total. The molecule has 2 heterocycles. The predicted molar refractivity (Wildman–Crippen MR) is 56.8 cm³/mol. The van der Waals surface area contributed by atoms with Gasteiger partial charge in [0.05, 0.1) is 30.1 Å². The van der Waals surface area contributed by atoms with Crippen molar-refractivity contribution in [1.29, 1.82) is 0 Å². The summed E-state index contributed by atoms with van der Waals surface area (Å²) in [6, 6.07) is 1.43. The first-order valence-corrected chi connectivity index (χ1v) is 5.13. The Morgan fingerprint density at radius 2 is 2.38 bits per heavy atom. The van der Waals surface area contributed by atoms with Crippen molar-refractivity contribution in [2.75, 3.05) is 20.1 Å². The van der Waals surface area contributed by atoms with Gasteiger partial charge in [-0.15, -0.1) is 0 Å². The van der Waals surface area contributed by atoms with E-state index in [4.69, 9.17) is 0 Å². The van der Waals surface area contributed by atoms with Crippen molar-refractivity contribution in [2.45, 2.75) is 12.1 Å². The molecule has 1 aromatic rings. The van der Waals surface area contributed by atoms with Gasteiger partial charge in [0.1, 0.15) is 0 Å². The van der Waals surface area contributed by atoms with Crippen LogP contribution >= 0.6 is 0 Å². The number of β-amino-alcohol motifs (C(OH)–C–C–N with tert-alkyl or cyclic N) is 1. The van der Waals surface area contributed by atoms with E-state index in [1.807, 2.05) is 0 Å². The predicted octanol–water partition coefficient (Wildman–Crippen LogP) is -1.12. The zero-order valence-corrected chi connectivity index (χ0v) is 9.00. The van der Waals surface area contributed by atoms with E-state index in [1.165, 1.54) is 12.4 Å². The number of carbonyl (C=O) groups is 1. The Balaban J connectivity index is 2.10. The van der Waals surface area contributed by atoms with Gasteiger partial charge in [0.25, 0.3) is 5.91 Å². The minimum absolute atomic E-state index is 0.150. The highest BCUT2D eigenvalue weighted by molar-refractivity contribution is 5.93. The standard InChI is InChI=1S/C10H14N4O2/c1-14(8-5-11-6-9(8)15)10(16)7-2-3-12-13-4-7/h2-4,8-9,11,15H,5-6H2,1H3/t8-,9-/m1/s1. The number of aromatic nitrogens is 2. The monoisotopic (exact) mass is 222 g/mol. The molecule has 0 aromatic carbocycles. The molecule has 0 bridgehead atoms. The van der Waals surface area contributed by atoms with Gasteiger partial charge >= 0.3 is 0 Å². The van der Waals surface area contributed by atoms with Crippen LogP contribution < -0.4 is 5.32 Å². The Bertz CT molecular complexity index is 370. The van der Waals surface area contributed by atoms with Crippen LogP contribution in [0.3, 0.4) is 0 Å². The summed E-state index contributed by atoms with van der Waals surface area (Å²) in [6.07, 6.45) is 2.39. The summed E-state index contributed by atoms with van der Waals surface area (Å²) in [7, 11) is 1.68. The average Bonchev–Trinajstić information content (AvgIpc) is 2.75. The third kappa shape index (κ3) is 2.02. The highest BCUT2D eigenvalue weighted by Gasteiger charge is 2.31. The number of carbonyl (C=O) groups excluding carboxylic acids is 1. The van der Waals surface area contributed by atoms with Gasteiger partial charge in [-0.2, -0.15) is 10.2 Å². The fourth-order valence-corrected chi connectivity index (χ4v) is 1.82. The fourth-order valence-electron chi connectivity index (χ4n) is 1.82. The Hall–Kier alpha value is -1.53. The highest BCUT2D eigenvalue weighted by atomic mass is 16.3. The number of nitrogens with zero attached hydrogens (tertiary/aromatic N) is 3. The van der Waals surface area contributed by atoms with E-state index in [2.05, 4.69) is 15.5 Å². The first kappa shape index (κ1) is 11.0. The topological polar surface area (TPSA) is 78.4 Å². The molecule has 0 saturated carbocycles. The second kappa shape index (κ2) is 4.54. The van der Waals surface area contributed by atoms with E-state index in [1.54, 1.807) is 18.0 Å². The van der Waals surface area contributed by atoms with Crippen LogP contribution in [0.15, 0.2) is 18.5 Å². The molecule has 0 radical (unpaired) electrons. The van der Waals surface area contributed by atoms with Crippen LogP contribution in [0.2, 0.25) is 0 Å². The van der Waals surface area contributed by atoms with Crippen LogP contribution in [-0.4, -0.2) is 58.4 Å². The zero-order chi connectivity index (χ0) is 11.5. The number of aliphatic hydroxyl groups excluding tert-OH is 1. The van der Waals surface area contributed by atoms with Crippen LogP contribution in [0.5, 0.6) is 0 Å². The Labute approximate surface area is 93.3 Å². The second-order valence-electron chi connectivity index (χ2n) is 3.84. The van der Waals surface area contributed by atoms with Crippen LogP contribution in [-0.2, 0) is 0 Å². The summed E-state index contributed by atoms with van der Waals surface area (Å²) in [5.74, 6) is -0.150. The SMILES string of the molecule is CN(C(=O)c1ccnnc1)[C@@H]1CNC[C@H]1O. The highest BCUT2D eigenvalue weighted by Crippen LogP contribution is 2.10. The molecule has 16 heavy (non-hydrogen) atoms. The lowest BCUT2D eigenvalue weighted by Crippen LogP contribution is -2.44. The number of likely N-dealkylation sites (N-methyl/N-ethyl adjacent to an activating group) is 1. The van der Waals surface area contributed by atoms with Crippen molar-refractivity contribution in [3.05, 3.63) is 24.0 Å². The minimum Gasteiger partial charge on any atom is -0.390 e. The maximum atomic E-state index is 12.0. The van der Waals surface area contributed by atoms with Crippen molar-refractivity contribution >= 4 is 5.91 Å². The number of rotatable bonds is 2. The summed E-state index contributed by atoms with van der Waals surface area (Å²) in [5.41, 5.74) is 0.483. The summed E-state index contributed by atoms with van der Waals surface area (Å²) >= 11 is 0. The van der Waals surface area contributed by atoms with E-state index < -0.39 is 6.10 Å². The van der Waals surface area contributed by atoms with Gasteiger partial charge in [-0.05, 0) is 6.07 Å². The van der Waals surface area contributed by atoms with E-state index in [9.17, 15) is 9.90 Å². The van der Waals surface area contributed by atoms with E-state index in [-0.39, 0.29) is 11.9 Å². The molecular weight excluding hydrogens is 208 g/mol. The van der Waals surface area contributed by atoms with Crippen LogP contribution in [0, 0.1) is 0 Å². The van der Waals surface area contributed by atoms with Gasteiger partial charge < -0.3 is 15.3 Å². The van der Waals surface area contributed by atoms with Gasteiger partial charge in [0.2, 0.25) is 0 Å². The van der Waals surface area contributed by atoms with Gasteiger partial charge in [0, 0.05) is 20.1 Å². The lowest BCUT2D eigenvalue weighted by Gasteiger charge is -2.26. The quantitative estimate of drug-likeness (QED) is 0.663. The lowest BCUT2D eigenvalue weighted by molar-refractivity contribution is 0.0580. The number of amides is 1.